The molecule has 0 spiro atoms. The number of hydrogen-bond donors (Lipinski definition) is 1. The van der Waals surface area contributed by atoms with Gasteiger partial charge in [-0.1, -0.05) is 36.4 Å². The summed E-state index contributed by atoms with van der Waals surface area (Å²) in [7, 11) is 1.25. The first-order valence-electron chi connectivity index (χ1n) is 10.3. The van der Waals surface area contributed by atoms with Crippen molar-refractivity contribution in [3.8, 4) is 17.2 Å². The van der Waals surface area contributed by atoms with Gasteiger partial charge in [0.1, 0.15) is 17.9 Å². The van der Waals surface area contributed by atoms with Crippen LogP contribution in [0.1, 0.15) is 22.8 Å². The first kappa shape index (κ1) is 24.5. The molecule has 0 fully saturated rings. The Morgan fingerprint density at radius 2 is 1.65 bits per heavy atom. The maximum absolute atomic E-state index is 12.8. The summed E-state index contributed by atoms with van der Waals surface area (Å²) in [5.41, 5.74) is 1.19. The standard InChI is InChI=1S/C25H23F2NO6/c1-16(33-24(30)20-9-6-10-21(31-2)22(20)34-25(26)27)23(29)28-18-11-13-19(14-12-18)32-15-17-7-4-3-5-8-17/h3-14,16,25H,15H2,1-2H3,(H,28,29). The van der Waals surface area contributed by atoms with E-state index in [1.54, 1.807) is 24.3 Å². The van der Waals surface area contributed by atoms with Crippen LogP contribution in [0.5, 0.6) is 17.2 Å². The van der Waals surface area contributed by atoms with E-state index in [1.165, 1.54) is 32.2 Å². The molecule has 0 bridgehead atoms. The van der Waals surface area contributed by atoms with Crippen LogP contribution in [-0.2, 0) is 16.1 Å². The molecule has 34 heavy (non-hydrogen) atoms. The zero-order chi connectivity index (χ0) is 24.5. The lowest BCUT2D eigenvalue weighted by molar-refractivity contribution is -0.123. The molecule has 0 aromatic heterocycles. The predicted molar refractivity (Wildman–Crippen MR) is 120 cm³/mol. The fraction of sp³-hybridized carbons (Fsp3) is 0.200. The third-order valence-corrected chi connectivity index (χ3v) is 4.65. The topological polar surface area (TPSA) is 83.1 Å². The third kappa shape index (κ3) is 6.68. The van der Waals surface area contributed by atoms with Crippen LogP contribution in [0.4, 0.5) is 14.5 Å². The third-order valence-electron chi connectivity index (χ3n) is 4.65. The molecule has 178 valence electrons. The number of ether oxygens (including phenoxy) is 4. The van der Waals surface area contributed by atoms with Gasteiger partial charge in [0.15, 0.2) is 17.6 Å². The molecule has 0 heterocycles. The first-order valence-corrected chi connectivity index (χ1v) is 10.3. The Hall–Kier alpha value is -4.14. The number of esters is 1. The van der Waals surface area contributed by atoms with Gasteiger partial charge in [0.2, 0.25) is 0 Å². The minimum Gasteiger partial charge on any atom is -0.493 e. The van der Waals surface area contributed by atoms with Crippen molar-refractivity contribution in [1.29, 1.82) is 0 Å². The summed E-state index contributed by atoms with van der Waals surface area (Å²) >= 11 is 0. The van der Waals surface area contributed by atoms with Crippen molar-refractivity contribution < 1.29 is 37.3 Å². The lowest BCUT2D eigenvalue weighted by Gasteiger charge is -2.17. The van der Waals surface area contributed by atoms with E-state index in [4.69, 9.17) is 14.2 Å². The molecule has 0 saturated carbocycles. The van der Waals surface area contributed by atoms with E-state index in [9.17, 15) is 18.4 Å². The first-order chi connectivity index (χ1) is 16.4. The van der Waals surface area contributed by atoms with E-state index in [0.29, 0.717) is 18.0 Å². The van der Waals surface area contributed by atoms with Gasteiger partial charge in [0.25, 0.3) is 5.91 Å². The largest absolute Gasteiger partial charge is 0.493 e. The molecule has 3 aromatic carbocycles. The molecule has 0 aliphatic carbocycles. The quantitative estimate of drug-likeness (QED) is 0.416. The summed E-state index contributed by atoms with van der Waals surface area (Å²) in [6, 6.07) is 20.4. The van der Waals surface area contributed by atoms with Crippen LogP contribution < -0.4 is 19.5 Å². The van der Waals surface area contributed by atoms with E-state index >= 15 is 0 Å². The molecule has 3 aromatic rings. The Balaban J connectivity index is 1.58. The number of methoxy groups -OCH3 is 1. The molecule has 0 saturated heterocycles. The summed E-state index contributed by atoms with van der Waals surface area (Å²) in [4.78, 5) is 25.0. The van der Waals surface area contributed by atoms with Crippen molar-refractivity contribution in [2.45, 2.75) is 26.2 Å². The number of nitrogens with one attached hydrogen (secondary N) is 1. The molecule has 9 heteroatoms. The van der Waals surface area contributed by atoms with Crippen molar-refractivity contribution in [3.05, 3.63) is 83.9 Å². The van der Waals surface area contributed by atoms with Gasteiger partial charge in [-0.3, -0.25) is 4.79 Å². The molecule has 1 atom stereocenters. The smallest absolute Gasteiger partial charge is 0.387 e. The minimum atomic E-state index is -3.18. The molecular formula is C25H23F2NO6. The molecule has 1 unspecified atom stereocenters. The van der Waals surface area contributed by atoms with Gasteiger partial charge in [-0.15, -0.1) is 0 Å². The molecule has 7 nitrogen and oxygen atoms in total. The van der Waals surface area contributed by atoms with Crippen molar-refractivity contribution in [2.75, 3.05) is 12.4 Å². The molecule has 0 aliphatic rings. The second-order valence-electron chi connectivity index (χ2n) is 7.05. The van der Waals surface area contributed by atoms with Crippen molar-refractivity contribution >= 4 is 17.6 Å². The zero-order valence-corrected chi connectivity index (χ0v) is 18.5. The van der Waals surface area contributed by atoms with Gasteiger partial charge in [-0.05, 0) is 48.9 Å². The van der Waals surface area contributed by atoms with E-state index in [-0.39, 0.29) is 11.3 Å². The van der Waals surface area contributed by atoms with Gasteiger partial charge in [-0.2, -0.15) is 8.78 Å². The monoisotopic (exact) mass is 471 g/mol. The normalized spacial score (nSPS) is 11.4. The highest BCUT2D eigenvalue weighted by Gasteiger charge is 2.25. The number of anilines is 1. The fourth-order valence-corrected chi connectivity index (χ4v) is 2.94. The van der Waals surface area contributed by atoms with Crippen LogP contribution in [0.25, 0.3) is 0 Å². The van der Waals surface area contributed by atoms with Crippen molar-refractivity contribution in [2.24, 2.45) is 0 Å². The average Bonchev–Trinajstić information content (AvgIpc) is 2.84. The molecule has 1 N–H and O–H groups in total. The van der Waals surface area contributed by atoms with Crippen molar-refractivity contribution in [3.63, 3.8) is 0 Å². The molecular weight excluding hydrogens is 448 g/mol. The Bertz CT molecular complexity index is 1110. The van der Waals surface area contributed by atoms with Gasteiger partial charge < -0.3 is 24.3 Å². The lowest BCUT2D eigenvalue weighted by Crippen LogP contribution is -2.30. The fourth-order valence-electron chi connectivity index (χ4n) is 2.94. The predicted octanol–water partition coefficient (Wildman–Crippen LogP) is 5.06. The number of rotatable bonds is 10. The highest BCUT2D eigenvalue weighted by atomic mass is 19.3. The highest BCUT2D eigenvalue weighted by Crippen LogP contribution is 2.33. The second kappa shape index (κ2) is 11.6. The number of hydrogen-bond acceptors (Lipinski definition) is 6. The summed E-state index contributed by atoms with van der Waals surface area (Å²) < 4.78 is 45.8. The van der Waals surface area contributed by atoms with E-state index in [2.05, 4.69) is 10.1 Å². The van der Waals surface area contributed by atoms with Gasteiger partial charge in [0, 0.05) is 5.69 Å². The molecule has 3 rings (SSSR count). The summed E-state index contributed by atoms with van der Waals surface area (Å²) in [6.45, 7) is -1.41. The Labute approximate surface area is 195 Å². The van der Waals surface area contributed by atoms with E-state index in [0.717, 1.165) is 5.56 Å². The van der Waals surface area contributed by atoms with Crippen LogP contribution in [-0.4, -0.2) is 31.7 Å². The number of alkyl halides is 2. The van der Waals surface area contributed by atoms with Crippen molar-refractivity contribution in [1.82, 2.24) is 0 Å². The number of halogens is 2. The van der Waals surface area contributed by atoms with E-state index < -0.39 is 30.3 Å². The minimum absolute atomic E-state index is 0.0681. The summed E-state index contributed by atoms with van der Waals surface area (Å²) in [5, 5.41) is 2.62. The zero-order valence-electron chi connectivity index (χ0n) is 18.5. The molecule has 1 amide bonds. The van der Waals surface area contributed by atoms with Gasteiger partial charge >= 0.3 is 12.6 Å². The average molecular weight is 471 g/mol. The Morgan fingerprint density at radius 3 is 2.29 bits per heavy atom. The molecule has 0 aliphatic heterocycles. The number of carbonyl (C=O) groups is 2. The number of para-hydroxylation sites is 1. The van der Waals surface area contributed by atoms with Gasteiger partial charge in [-0.25, -0.2) is 4.79 Å². The lowest BCUT2D eigenvalue weighted by atomic mass is 10.2. The number of benzene rings is 3. The van der Waals surface area contributed by atoms with Crippen LogP contribution in [0.2, 0.25) is 0 Å². The molecule has 0 radical (unpaired) electrons. The Kier molecular flexibility index (Phi) is 8.39. The van der Waals surface area contributed by atoms with Crippen LogP contribution >= 0.6 is 0 Å². The van der Waals surface area contributed by atoms with Gasteiger partial charge in [0.05, 0.1) is 7.11 Å². The number of carbonyl (C=O) groups excluding carboxylic acids is 2. The summed E-state index contributed by atoms with van der Waals surface area (Å²) in [6.07, 6.45) is -1.22. The Morgan fingerprint density at radius 1 is 0.941 bits per heavy atom. The van der Waals surface area contributed by atoms with E-state index in [1.807, 2.05) is 30.3 Å². The maximum Gasteiger partial charge on any atom is 0.387 e. The van der Waals surface area contributed by atoms with Crippen LogP contribution in [0, 0.1) is 0 Å². The maximum atomic E-state index is 12.8. The van der Waals surface area contributed by atoms with Crippen LogP contribution in [0.3, 0.4) is 0 Å². The van der Waals surface area contributed by atoms with Crippen LogP contribution in [0.15, 0.2) is 72.8 Å². The number of amides is 1. The highest BCUT2D eigenvalue weighted by molar-refractivity contribution is 5.98. The summed E-state index contributed by atoms with van der Waals surface area (Å²) in [5.74, 6) is -1.54. The second-order valence-corrected chi connectivity index (χ2v) is 7.05. The SMILES string of the molecule is COc1cccc(C(=O)OC(C)C(=O)Nc2ccc(OCc3ccccc3)cc2)c1OC(F)F.